The summed E-state index contributed by atoms with van der Waals surface area (Å²) in [6.07, 6.45) is 16.6. The lowest BCUT2D eigenvalue weighted by molar-refractivity contribution is -0.359. The number of unbranched alkanes of at least 4 members (excludes halogenated alkanes) is 19. The molecule has 2 fully saturated rings. The van der Waals surface area contributed by atoms with Gasteiger partial charge in [0.25, 0.3) is 0 Å². The number of hydrogen-bond donors (Lipinski definition) is 9. The molecule has 2 aliphatic rings. The van der Waals surface area contributed by atoms with Crippen LogP contribution in [0.4, 0.5) is 0 Å². The van der Waals surface area contributed by atoms with Crippen LogP contribution in [0.15, 0.2) is 24.3 Å². The molecular weight excluding hydrogens is 762 g/mol. The fraction of sp³-hybridized carbons (Fsp3) is 0.889. The van der Waals surface area contributed by atoms with Crippen LogP contribution in [-0.2, 0) is 23.7 Å². The number of aliphatic hydroxyl groups excluding tert-OH is 8. The average molecular weight is 846 g/mol. The van der Waals surface area contributed by atoms with Crippen LogP contribution in [0.25, 0.3) is 0 Å². The van der Waals surface area contributed by atoms with Crippen molar-refractivity contribution >= 4 is 5.91 Å². The number of nitrogens with one attached hydrogen (secondary N) is 1. The molecule has 0 bridgehead atoms. The molecule has 0 aromatic rings. The van der Waals surface area contributed by atoms with Crippen LogP contribution in [0.3, 0.4) is 0 Å². The normalized spacial score (nSPS) is 28.7. The van der Waals surface area contributed by atoms with Crippen LogP contribution in [0.1, 0.15) is 162 Å². The largest absolute Gasteiger partial charge is 0.394 e. The van der Waals surface area contributed by atoms with Crippen molar-refractivity contribution in [3.05, 3.63) is 24.3 Å². The number of aliphatic hydroxyl groups is 8. The second-order valence-corrected chi connectivity index (χ2v) is 16.5. The molecule has 0 saturated carbocycles. The summed E-state index contributed by atoms with van der Waals surface area (Å²) in [6.45, 7) is 2.72. The van der Waals surface area contributed by atoms with E-state index in [4.69, 9.17) is 18.9 Å². The predicted octanol–water partition coefficient (Wildman–Crippen LogP) is 4.60. The van der Waals surface area contributed by atoms with E-state index >= 15 is 0 Å². The molecule has 12 atom stereocenters. The van der Waals surface area contributed by atoms with Crippen molar-refractivity contribution in [1.82, 2.24) is 5.32 Å². The number of allylic oxidation sites excluding steroid dienone is 3. The van der Waals surface area contributed by atoms with Crippen molar-refractivity contribution in [2.45, 2.75) is 235 Å². The smallest absolute Gasteiger partial charge is 0.220 e. The molecule has 9 N–H and O–H groups in total. The maximum absolute atomic E-state index is 13.1. The highest BCUT2D eigenvalue weighted by Gasteiger charge is 2.50. The Kier molecular flexibility index (Phi) is 30.1. The summed E-state index contributed by atoms with van der Waals surface area (Å²) in [5.74, 6) is -0.252. The van der Waals surface area contributed by atoms with Gasteiger partial charge in [0.05, 0.1) is 32.0 Å². The second-order valence-electron chi connectivity index (χ2n) is 16.5. The van der Waals surface area contributed by atoms with E-state index in [-0.39, 0.29) is 18.9 Å². The zero-order valence-electron chi connectivity index (χ0n) is 36.2. The lowest BCUT2D eigenvalue weighted by Crippen LogP contribution is -2.65. The van der Waals surface area contributed by atoms with Gasteiger partial charge in [-0.1, -0.05) is 147 Å². The number of carbonyl (C=O) groups is 1. The monoisotopic (exact) mass is 846 g/mol. The van der Waals surface area contributed by atoms with E-state index in [1.54, 1.807) is 6.08 Å². The molecule has 14 heteroatoms. The molecule has 0 aromatic carbocycles. The lowest BCUT2D eigenvalue weighted by Gasteiger charge is -2.46. The summed E-state index contributed by atoms with van der Waals surface area (Å²) in [5.41, 5.74) is 0. The van der Waals surface area contributed by atoms with Crippen LogP contribution in [0, 0.1) is 0 Å². The Labute approximate surface area is 354 Å². The van der Waals surface area contributed by atoms with Gasteiger partial charge < -0.3 is 65.1 Å². The van der Waals surface area contributed by atoms with Crippen LogP contribution in [0.2, 0.25) is 0 Å². The van der Waals surface area contributed by atoms with Crippen LogP contribution in [-0.4, -0.2) is 140 Å². The van der Waals surface area contributed by atoms with Gasteiger partial charge in [0, 0.05) is 6.42 Å². The fourth-order valence-electron chi connectivity index (χ4n) is 7.54. The third-order valence-corrected chi connectivity index (χ3v) is 11.4. The summed E-state index contributed by atoms with van der Waals surface area (Å²) in [5, 5.41) is 86.4. The summed E-state index contributed by atoms with van der Waals surface area (Å²) >= 11 is 0. The summed E-state index contributed by atoms with van der Waals surface area (Å²) in [6, 6.07) is -0.923. The molecule has 1 amide bonds. The zero-order chi connectivity index (χ0) is 43.3. The number of amides is 1. The molecule has 2 saturated heterocycles. The number of ether oxygens (including phenoxy) is 4. The van der Waals surface area contributed by atoms with Gasteiger partial charge in [-0.15, -0.1) is 0 Å². The zero-order valence-corrected chi connectivity index (χ0v) is 36.2. The molecule has 14 nitrogen and oxygen atoms in total. The number of carbonyl (C=O) groups excluding carboxylic acids is 1. The van der Waals surface area contributed by atoms with Gasteiger partial charge in [-0.3, -0.25) is 4.79 Å². The van der Waals surface area contributed by atoms with E-state index in [1.165, 1.54) is 96.3 Å². The van der Waals surface area contributed by atoms with E-state index in [0.717, 1.165) is 32.1 Å². The second kappa shape index (κ2) is 33.1. The quantitative estimate of drug-likeness (QED) is 0.0319. The average Bonchev–Trinajstić information content (AvgIpc) is 3.23. The van der Waals surface area contributed by atoms with Gasteiger partial charge in [-0.05, 0) is 32.1 Å². The fourth-order valence-corrected chi connectivity index (χ4v) is 7.54. The Morgan fingerprint density at radius 1 is 0.593 bits per heavy atom. The van der Waals surface area contributed by atoms with E-state index in [0.29, 0.717) is 12.8 Å². The van der Waals surface area contributed by atoms with Crippen LogP contribution < -0.4 is 5.32 Å². The molecule has 2 heterocycles. The van der Waals surface area contributed by atoms with Gasteiger partial charge in [0.1, 0.15) is 48.8 Å². The molecule has 2 rings (SSSR count). The Balaban J connectivity index is 1.90. The molecule has 346 valence electrons. The molecular formula is C45H83NO13. The minimum absolute atomic E-state index is 0.252. The van der Waals surface area contributed by atoms with Crippen molar-refractivity contribution in [2.75, 3.05) is 19.8 Å². The maximum atomic E-state index is 13.1. The van der Waals surface area contributed by atoms with Gasteiger partial charge in [0.15, 0.2) is 12.6 Å². The summed E-state index contributed by atoms with van der Waals surface area (Å²) < 4.78 is 22.6. The number of rotatable bonds is 34. The predicted molar refractivity (Wildman–Crippen MR) is 226 cm³/mol. The Hall–Kier alpha value is -1.53. The minimum atomic E-state index is -1.79. The first-order valence-electron chi connectivity index (χ1n) is 23.1. The first-order chi connectivity index (χ1) is 28.6. The minimum Gasteiger partial charge on any atom is -0.394 e. The van der Waals surface area contributed by atoms with E-state index in [9.17, 15) is 45.6 Å². The highest BCUT2D eigenvalue weighted by atomic mass is 16.7. The van der Waals surface area contributed by atoms with Crippen LogP contribution >= 0.6 is 0 Å². The third kappa shape index (κ3) is 21.4. The van der Waals surface area contributed by atoms with Crippen molar-refractivity contribution in [3.63, 3.8) is 0 Å². The van der Waals surface area contributed by atoms with Crippen molar-refractivity contribution in [3.8, 4) is 0 Å². The molecule has 0 spiro atoms. The molecule has 0 aliphatic carbocycles. The van der Waals surface area contributed by atoms with Gasteiger partial charge in [0.2, 0.25) is 5.91 Å². The summed E-state index contributed by atoms with van der Waals surface area (Å²) in [4.78, 5) is 13.1. The molecule has 0 radical (unpaired) electrons. The maximum Gasteiger partial charge on any atom is 0.220 e. The third-order valence-electron chi connectivity index (χ3n) is 11.4. The summed E-state index contributed by atoms with van der Waals surface area (Å²) in [7, 11) is 0. The Morgan fingerprint density at radius 2 is 1.08 bits per heavy atom. The first kappa shape index (κ1) is 53.6. The molecule has 2 aliphatic heterocycles. The Bertz CT molecular complexity index is 1090. The van der Waals surface area contributed by atoms with Gasteiger partial charge in [-0.2, -0.15) is 0 Å². The van der Waals surface area contributed by atoms with Gasteiger partial charge in [-0.25, -0.2) is 0 Å². The van der Waals surface area contributed by atoms with Crippen molar-refractivity contribution < 1.29 is 64.6 Å². The SMILES string of the molecule is CCCCCCC/C=C/CC/C=C/C(O)C(COC1OC(CO)C(OC2OC(CO)C(O)C(O)C2O)C(O)C1O)NC(=O)CCCCCCCCCCCCCCCC. The highest BCUT2D eigenvalue weighted by molar-refractivity contribution is 5.76. The van der Waals surface area contributed by atoms with Gasteiger partial charge >= 0.3 is 0 Å². The Morgan fingerprint density at radius 3 is 1.66 bits per heavy atom. The molecule has 12 unspecified atom stereocenters. The van der Waals surface area contributed by atoms with E-state index in [1.807, 2.05) is 6.08 Å². The van der Waals surface area contributed by atoms with Crippen LogP contribution in [0.5, 0.6) is 0 Å². The topological polar surface area (TPSA) is 228 Å². The van der Waals surface area contributed by atoms with E-state index < -0.39 is 86.8 Å². The van der Waals surface area contributed by atoms with Crippen molar-refractivity contribution in [2.24, 2.45) is 0 Å². The number of hydrogen-bond acceptors (Lipinski definition) is 13. The van der Waals surface area contributed by atoms with E-state index in [2.05, 4.69) is 31.3 Å². The highest BCUT2D eigenvalue weighted by Crippen LogP contribution is 2.30. The first-order valence-corrected chi connectivity index (χ1v) is 23.1. The lowest BCUT2D eigenvalue weighted by atomic mass is 9.97. The standard InChI is InChI=1S/C45H83NO13/c1-3-5-7-9-11-13-15-16-17-19-21-23-25-27-29-37(50)46-33(34(49)28-26-24-22-20-18-14-12-10-8-6-4-2)32-56-44-42(55)40(53)43(36(31-48)58-44)59-45-41(54)39(52)38(51)35(30-47)57-45/h18,20,26,28,33-36,38-45,47-49,51-55H,3-17,19,21-25,27,29-32H2,1-2H3,(H,46,50)/b20-18+,28-26+. The molecule has 59 heavy (non-hydrogen) atoms. The van der Waals surface area contributed by atoms with Crippen molar-refractivity contribution in [1.29, 1.82) is 0 Å². The molecule has 0 aromatic heterocycles.